The molecule has 0 rings (SSSR count). The molecule has 1 heteroatoms. The third-order valence-electron chi connectivity index (χ3n) is 3.84. The van der Waals surface area contributed by atoms with E-state index in [4.69, 9.17) is 0 Å². The zero-order valence-electron chi connectivity index (χ0n) is 12.2. The van der Waals surface area contributed by atoms with E-state index in [9.17, 15) is 0 Å². The summed E-state index contributed by atoms with van der Waals surface area (Å²) in [4.78, 5) is 0. The Balaban J connectivity index is 4.21. The van der Waals surface area contributed by atoms with Crippen molar-refractivity contribution in [3.63, 3.8) is 0 Å². The summed E-state index contributed by atoms with van der Waals surface area (Å²) in [6.07, 6.45) is 8.12. The van der Waals surface area contributed by atoms with Crippen LogP contribution in [0.5, 0.6) is 0 Å². The first-order chi connectivity index (χ1) is 7.69. The smallest absolute Gasteiger partial charge is 0.00976 e. The summed E-state index contributed by atoms with van der Waals surface area (Å²) < 4.78 is 0. The molecule has 0 heterocycles. The van der Waals surface area contributed by atoms with Crippen molar-refractivity contribution in [2.75, 3.05) is 6.54 Å². The molecule has 16 heavy (non-hydrogen) atoms. The van der Waals surface area contributed by atoms with Gasteiger partial charge in [-0.25, -0.2) is 0 Å². The molecule has 0 aromatic carbocycles. The first-order valence-electron chi connectivity index (χ1n) is 7.42. The van der Waals surface area contributed by atoms with E-state index in [-0.39, 0.29) is 0 Å². The van der Waals surface area contributed by atoms with Crippen molar-refractivity contribution in [3.8, 4) is 0 Å². The number of hydrogen-bond donors (Lipinski definition) is 1. The molecule has 0 radical (unpaired) electrons. The van der Waals surface area contributed by atoms with Crippen LogP contribution in [0, 0.1) is 11.8 Å². The Morgan fingerprint density at radius 3 is 2.12 bits per heavy atom. The van der Waals surface area contributed by atoms with Crippen LogP contribution in [0.3, 0.4) is 0 Å². The Morgan fingerprint density at radius 2 is 1.69 bits per heavy atom. The van der Waals surface area contributed by atoms with Crippen LogP contribution in [-0.4, -0.2) is 12.6 Å². The molecule has 0 aromatic heterocycles. The molecule has 1 nitrogen and oxygen atoms in total. The third-order valence-corrected chi connectivity index (χ3v) is 3.84. The zero-order chi connectivity index (χ0) is 12.4. The van der Waals surface area contributed by atoms with Crippen LogP contribution in [0.25, 0.3) is 0 Å². The lowest BCUT2D eigenvalue weighted by Gasteiger charge is -2.29. The van der Waals surface area contributed by atoms with Gasteiger partial charge in [0.05, 0.1) is 0 Å². The van der Waals surface area contributed by atoms with Crippen molar-refractivity contribution >= 4 is 0 Å². The van der Waals surface area contributed by atoms with Crippen LogP contribution >= 0.6 is 0 Å². The predicted molar refractivity (Wildman–Crippen MR) is 74.8 cm³/mol. The summed E-state index contributed by atoms with van der Waals surface area (Å²) in [5, 5.41) is 3.71. The lowest BCUT2D eigenvalue weighted by Crippen LogP contribution is -2.37. The van der Waals surface area contributed by atoms with Gasteiger partial charge in [-0.15, -0.1) is 0 Å². The number of unbranched alkanes of at least 4 members (excludes halogenated alkanes) is 1. The number of nitrogens with one attached hydrogen (secondary N) is 1. The van der Waals surface area contributed by atoms with Gasteiger partial charge in [-0.1, -0.05) is 60.3 Å². The largest absolute Gasteiger partial charge is 0.314 e. The minimum absolute atomic E-state index is 0.747. The number of rotatable bonds is 10. The van der Waals surface area contributed by atoms with E-state index < -0.39 is 0 Å². The van der Waals surface area contributed by atoms with E-state index in [1.165, 1.54) is 38.5 Å². The van der Waals surface area contributed by atoms with E-state index in [0.717, 1.165) is 24.4 Å². The van der Waals surface area contributed by atoms with E-state index in [2.05, 4.69) is 39.9 Å². The normalized spacial score (nSPS) is 17.1. The number of hydrogen-bond acceptors (Lipinski definition) is 1. The molecule has 1 N–H and O–H groups in total. The van der Waals surface area contributed by atoms with Crippen LogP contribution in [0.2, 0.25) is 0 Å². The van der Waals surface area contributed by atoms with Gasteiger partial charge >= 0.3 is 0 Å². The van der Waals surface area contributed by atoms with Crippen molar-refractivity contribution in [2.45, 2.75) is 79.2 Å². The highest BCUT2D eigenvalue weighted by atomic mass is 14.9. The van der Waals surface area contributed by atoms with Gasteiger partial charge in [0.1, 0.15) is 0 Å². The Morgan fingerprint density at radius 1 is 1.00 bits per heavy atom. The maximum Gasteiger partial charge on any atom is 0.00976 e. The van der Waals surface area contributed by atoms with Gasteiger partial charge in [-0.2, -0.15) is 0 Å². The van der Waals surface area contributed by atoms with Crippen LogP contribution < -0.4 is 5.32 Å². The van der Waals surface area contributed by atoms with E-state index >= 15 is 0 Å². The average molecular weight is 227 g/mol. The summed E-state index contributed by atoms with van der Waals surface area (Å²) in [6, 6.07) is 0.747. The fraction of sp³-hybridized carbons (Fsp3) is 1.00. The fourth-order valence-electron chi connectivity index (χ4n) is 2.46. The van der Waals surface area contributed by atoms with Crippen molar-refractivity contribution in [1.29, 1.82) is 0 Å². The summed E-state index contributed by atoms with van der Waals surface area (Å²) in [5.74, 6) is 1.74. The van der Waals surface area contributed by atoms with Gasteiger partial charge in [0.25, 0.3) is 0 Å². The maximum atomic E-state index is 3.71. The van der Waals surface area contributed by atoms with Crippen LogP contribution in [-0.2, 0) is 0 Å². The SMILES string of the molecule is CCCCC(CC)C(CC(C)CC)NCC. The minimum atomic E-state index is 0.747. The molecule has 0 amide bonds. The lowest BCUT2D eigenvalue weighted by atomic mass is 9.85. The van der Waals surface area contributed by atoms with Gasteiger partial charge < -0.3 is 5.32 Å². The van der Waals surface area contributed by atoms with Crippen LogP contribution in [0.15, 0.2) is 0 Å². The van der Waals surface area contributed by atoms with E-state index in [1.54, 1.807) is 0 Å². The molecule has 0 saturated heterocycles. The van der Waals surface area contributed by atoms with Gasteiger partial charge in [0.2, 0.25) is 0 Å². The molecule has 0 bridgehead atoms. The first-order valence-corrected chi connectivity index (χ1v) is 7.42. The quantitative estimate of drug-likeness (QED) is 0.574. The van der Waals surface area contributed by atoms with E-state index in [0.29, 0.717) is 0 Å². The molecule has 0 aliphatic heterocycles. The molecule has 0 saturated carbocycles. The Bertz CT molecular complexity index is 144. The molecule has 0 spiro atoms. The standard InChI is InChI=1S/C15H33N/c1-6-10-11-14(8-3)15(16-9-4)12-13(5)7-2/h13-16H,6-12H2,1-5H3. The molecule has 0 aliphatic carbocycles. The van der Waals surface area contributed by atoms with Gasteiger partial charge in [0.15, 0.2) is 0 Å². The molecule has 0 aliphatic rings. The topological polar surface area (TPSA) is 12.0 Å². The van der Waals surface area contributed by atoms with Gasteiger partial charge in [-0.3, -0.25) is 0 Å². The van der Waals surface area contributed by atoms with Crippen LogP contribution in [0.4, 0.5) is 0 Å². The Kier molecular flexibility index (Phi) is 10.1. The maximum absolute atomic E-state index is 3.71. The summed E-state index contributed by atoms with van der Waals surface area (Å²) >= 11 is 0. The van der Waals surface area contributed by atoms with Crippen molar-refractivity contribution in [3.05, 3.63) is 0 Å². The predicted octanol–water partition coefficient (Wildman–Crippen LogP) is 4.62. The molecular formula is C15H33N. The highest BCUT2D eigenvalue weighted by molar-refractivity contribution is 4.77. The van der Waals surface area contributed by atoms with Gasteiger partial charge in [-0.05, 0) is 31.2 Å². The molecule has 98 valence electrons. The monoisotopic (exact) mass is 227 g/mol. The second-order valence-electron chi connectivity index (χ2n) is 5.22. The average Bonchev–Trinajstić information content (AvgIpc) is 2.30. The molecular weight excluding hydrogens is 194 g/mol. The van der Waals surface area contributed by atoms with E-state index in [1.807, 2.05) is 0 Å². The Labute approximate surface area is 103 Å². The van der Waals surface area contributed by atoms with Crippen molar-refractivity contribution < 1.29 is 0 Å². The van der Waals surface area contributed by atoms with Crippen molar-refractivity contribution in [2.24, 2.45) is 11.8 Å². The van der Waals surface area contributed by atoms with Crippen LogP contribution in [0.1, 0.15) is 73.1 Å². The summed E-state index contributed by atoms with van der Waals surface area (Å²) in [7, 11) is 0. The lowest BCUT2D eigenvalue weighted by molar-refractivity contribution is 0.274. The second kappa shape index (κ2) is 10.1. The summed E-state index contributed by atoms with van der Waals surface area (Å²) in [5.41, 5.74) is 0. The fourth-order valence-corrected chi connectivity index (χ4v) is 2.46. The minimum Gasteiger partial charge on any atom is -0.314 e. The molecule has 0 fully saturated rings. The van der Waals surface area contributed by atoms with Crippen molar-refractivity contribution in [1.82, 2.24) is 5.32 Å². The molecule has 0 aromatic rings. The highest BCUT2D eigenvalue weighted by Gasteiger charge is 2.20. The zero-order valence-corrected chi connectivity index (χ0v) is 12.2. The van der Waals surface area contributed by atoms with Gasteiger partial charge in [0, 0.05) is 6.04 Å². The molecule has 3 unspecified atom stereocenters. The molecule has 3 atom stereocenters. The first kappa shape index (κ1) is 16.0. The second-order valence-corrected chi connectivity index (χ2v) is 5.22. The Hall–Kier alpha value is -0.0400. The summed E-state index contributed by atoms with van der Waals surface area (Å²) in [6.45, 7) is 12.7. The highest BCUT2D eigenvalue weighted by Crippen LogP contribution is 2.23. The third kappa shape index (κ3) is 6.52.